The molecule has 0 aliphatic heterocycles. The van der Waals surface area contributed by atoms with Crippen molar-refractivity contribution in [2.24, 2.45) is 7.05 Å². The van der Waals surface area contributed by atoms with Gasteiger partial charge in [0.25, 0.3) is 0 Å². The van der Waals surface area contributed by atoms with E-state index < -0.39 is 0 Å². The van der Waals surface area contributed by atoms with E-state index in [0.29, 0.717) is 0 Å². The highest BCUT2D eigenvalue weighted by molar-refractivity contribution is 6.25. The number of fused-ring (bicyclic) bond motifs is 21. The Labute approximate surface area is 544 Å². The largest absolute Gasteiger partial charge is 0.344 e. The van der Waals surface area contributed by atoms with Crippen LogP contribution in [0.15, 0.2) is 315 Å². The predicted octanol–water partition coefficient (Wildman–Crippen LogP) is 23.8. The van der Waals surface area contributed by atoms with Crippen molar-refractivity contribution in [3.8, 4) is 11.4 Å². The van der Waals surface area contributed by atoms with Gasteiger partial charge in [-0.15, -0.1) is 0 Å². The zero-order chi connectivity index (χ0) is 63.1. The summed E-state index contributed by atoms with van der Waals surface area (Å²) in [4.78, 5) is 0. The Morgan fingerprint density at radius 1 is 0.181 bits per heavy atom. The third-order valence-corrected chi connectivity index (χ3v) is 19.3. The Morgan fingerprint density at radius 3 is 0.926 bits per heavy atom. The monoisotopic (exact) mass is 1210 g/mol. The van der Waals surface area contributed by atoms with E-state index in [0.717, 1.165) is 0 Å². The minimum absolute atomic E-state index is 1.21. The number of hydrogen-bond donors (Lipinski definition) is 0. The molecule has 0 spiro atoms. The van der Waals surface area contributed by atoms with Crippen molar-refractivity contribution < 1.29 is 0 Å². The SMILES string of the molecule is Cc1ccc2c(c1)c1cccc3c4ccccc4n2c31.Cc1ccc2c(c1)c1ccccc1n2-c1ccccc1.Cc1ccc2c3cccc4c5ccccc5n(c2c1)c43.Cc1ccc2c3ccccc3n(-c3ccccc3)c2c1.Cn1c2ccccc2c2ccccc21. The maximum absolute atomic E-state index is 2.42. The van der Waals surface area contributed by atoms with Crippen LogP contribution < -0.4 is 0 Å². The predicted molar refractivity (Wildman–Crippen MR) is 403 cm³/mol. The Hall–Kier alpha value is -11.9. The third kappa shape index (κ3) is 9.14. The topological polar surface area (TPSA) is 23.6 Å². The summed E-state index contributed by atoms with van der Waals surface area (Å²) < 4.78 is 11.8. The smallest absolute Gasteiger partial charge is 0.0620 e. The third-order valence-electron chi connectivity index (χ3n) is 19.3. The average molecular weight is 1210 g/mol. The number of para-hydroxylation sites is 10. The van der Waals surface area contributed by atoms with E-state index in [2.05, 4.69) is 373 Å². The van der Waals surface area contributed by atoms with E-state index in [1.807, 2.05) is 0 Å². The second-order valence-electron chi connectivity index (χ2n) is 25.2. The molecule has 448 valence electrons. The summed E-state index contributed by atoms with van der Waals surface area (Å²) in [6.07, 6.45) is 0. The van der Waals surface area contributed by atoms with Gasteiger partial charge >= 0.3 is 0 Å². The lowest BCUT2D eigenvalue weighted by atomic mass is 10.1. The molecular formula is C89H67N5. The summed E-state index contributed by atoms with van der Waals surface area (Å²) in [5.41, 5.74) is 23.2. The summed E-state index contributed by atoms with van der Waals surface area (Å²) in [5, 5.41) is 18.8. The van der Waals surface area contributed by atoms with Gasteiger partial charge in [0.05, 0.1) is 55.2 Å². The fourth-order valence-corrected chi connectivity index (χ4v) is 15.1. The van der Waals surface area contributed by atoms with Crippen LogP contribution in [0.25, 0.3) is 153 Å². The van der Waals surface area contributed by atoms with E-state index in [9.17, 15) is 0 Å². The molecule has 0 amide bonds. The van der Waals surface area contributed by atoms with E-state index in [1.54, 1.807) is 0 Å². The van der Waals surface area contributed by atoms with Gasteiger partial charge in [0.1, 0.15) is 0 Å². The molecule has 5 nitrogen and oxygen atoms in total. The van der Waals surface area contributed by atoms with Crippen molar-refractivity contribution >= 4 is 142 Å². The van der Waals surface area contributed by atoms with Crippen molar-refractivity contribution in [2.45, 2.75) is 27.7 Å². The fraction of sp³-hybridized carbons (Fsp3) is 0.0562. The molecule has 0 N–H and O–H groups in total. The van der Waals surface area contributed by atoms with Crippen molar-refractivity contribution in [1.82, 2.24) is 22.5 Å². The first kappa shape index (κ1) is 56.1. The van der Waals surface area contributed by atoms with Gasteiger partial charge < -0.3 is 22.5 Å². The van der Waals surface area contributed by atoms with E-state index in [-0.39, 0.29) is 0 Å². The highest BCUT2D eigenvalue weighted by Gasteiger charge is 2.19. The zero-order valence-electron chi connectivity index (χ0n) is 53.3. The molecule has 0 aliphatic rings. The van der Waals surface area contributed by atoms with E-state index in [1.165, 1.54) is 175 Å². The zero-order valence-corrected chi connectivity index (χ0v) is 53.3. The van der Waals surface area contributed by atoms with Crippen molar-refractivity contribution in [3.05, 3.63) is 338 Å². The van der Waals surface area contributed by atoms with Gasteiger partial charge in [-0.2, -0.15) is 0 Å². The summed E-state index contributed by atoms with van der Waals surface area (Å²) in [6, 6.07) is 113. The van der Waals surface area contributed by atoms with Crippen molar-refractivity contribution in [2.75, 3.05) is 0 Å². The van der Waals surface area contributed by atoms with Crippen LogP contribution in [0, 0.1) is 27.7 Å². The van der Waals surface area contributed by atoms with Gasteiger partial charge in [0, 0.05) is 105 Å². The lowest BCUT2D eigenvalue weighted by Gasteiger charge is -2.07. The van der Waals surface area contributed by atoms with Gasteiger partial charge in [-0.05, 0) is 136 Å². The van der Waals surface area contributed by atoms with Crippen LogP contribution in [-0.2, 0) is 7.05 Å². The summed E-state index contributed by atoms with van der Waals surface area (Å²) in [6.45, 7) is 8.61. The number of aryl methyl sites for hydroxylation is 5. The number of aromatic nitrogens is 5. The number of rotatable bonds is 2. The highest BCUT2D eigenvalue weighted by atomic mass is 15.0. The van der Waals surface area contributed by atoms with Crippen LogP contribution >= 0.6 is 0 Å². The van der Waals surface area contributed by atoms with Crippen LogP contribution in [0.2, 0.25) is 0 Å². The Kier molecular flexibility index (Phi) is 13.6. The van der Waals surface area contributed by atoms with Crippen LogP contribution in [0.4, 0.5) is 0 Å². The molecule has 14 aromatic carbocycles. The molecule has 0 aliphatic carbocycles. The molecule has 7 aromatic heterocycles. The summed E-state index contributed by atoms with van der Waals surface area (Å²) >= 11 is 0. The molecule has 0 saturated carbocycles. The molecule has 0 bridgehead atoms. The molecule has 5 heteroatoms. The Bertz CT molecular complexity index is 6340. The quantitative estimate of drug-likeness (QED) is 0.165. The first-order chi connectivity index (χ1) is 46.3. The van der Waals surface area contributed by atoms with Crippen molar-refractivity contribution in [1.29, 1.82) is 0 Å². The highest BCUT2D eigenvalue weighted by Crippen LogP contribution is 2.42. The minimum atomic E-state index is 1.21. The lowest BCUT2D eigenvalue weighted by molar-refractivity contribution is 1.01. The maximum Gasteiger partial charge on any atom is 0.0620 e. The van der Waals surface area contributed by atoms with Gasteiger partial charge in [-0.1, -0.05) is 230 Å². The van der Waals surface area contributed by atoms with Gasteiger partial charge in [-0.25, -0.2) is 0 Å². The van der Waals surface area contributed by atoms with Crippen molar-refractivity contribution in [3.63, 3.8) is 0 Å². The molecule has 21 aromatic rings. The second kappa shape index (κ2) is 22.8. The maximum atomic E-state index is 2.42. The first-order valence-electron chi connectivity index (χ1n) is 32.6. The molecule has 0 atom stereocenters. The first-order valence-corrected chi connectivity index (χ1v) is 32.6. The number of benzene rings is 14. The van der Waals surface area contributed by atoms with Crippen LogP contribution in [-0.4, -0.2) is 22.5 Å². The normalized spacial score (nSPS) is 11.7. The van der Waals surface area contributed by atoms with E-state index >= 15 is 0 Å². The van der Waals surface area contributed by atoms with Crippen LogP contribution in [0.5, 0.6) is 0 Å². The van der Waals surface area contributed by atoms with E-state index in [4.69, 9.17) is 0 Å². The average Bonchev–Trinajstić information content (AvgIpc) is 1.57. The molecule has 0 unspecified atom stereocenters. The Morgan fingerprint density at radius 2 is 0.447 bits per heavy atom. The number of hydrogen-bond acceptors (Lipinski definition) is 0. The molecule has 7 heterocycles. The van der Waals surface area contributed by atoms with Crippen LogP contribution in [0.3, 0.4) is 0 Å². The van der Waals surface area contributed by atoms with Crippen LogP contribution in [0.1, 0.15) is 22.3 Å². The Balaban J connectivity index is 0.0000000898. The van der Waals surface area contributed by atoms with Gasteiger partial charge in [0.15, 0.2) is 0 Å². The summed E-state index contributed by atoms with van der Waals surface area (Å²) in [5.74, 6) is 0. The standard InChI is InChI=1S/2C19H13N.2C19H15N.C13H11N/c1-12-9-10-14-16-7-4-6-15-13-5-2-3-8-17(13)20(19(15)16)18(14)11-12;1-12-9-10-18-16(11-12)15-7-4-6-14-13-5-2-3-8-17(13)20(18)19(14)15;1-14-11-12-19-17(13-14)16-9-5-6-10-18(16)20(19)15-7-3-2-4-8-15;1-14-11-12-17-16-9-5-6-10-18(16)20(19(17)13-14)15-7-3-2-4-8-15;1-14-12-8-4-2-6-10(12)11-7-3-5-9-13(11)14/h2*2-11H,1H3;2*2-13H,1H3;2-9H,1H3. The fourth-order valence-electron chi connectivity index (χ4n) is 15.1. The lowest BCUT2D eigenvalue weighted by Crippen LogP contribution is -1.92. The van der Waals surface area contributed by atoms with Gasteiger partial charge in [0.2, 0.25) is 0 Å². The molecule has 94 heavy (non-hydrogen) atoms. The molecule has 21 rings (SSSR count). The number of nitrogens with zero attached hydrogens (tertiary/aromatic N) is 5. The second-order valence-corrected chi connectivity index (χ2v) is 25.2. The van der Waals surface area contributed by atoms with Gasteiger partial charge in [-0.3, -0.25) is 0 Å². The molecule has 0 saturated heterocycles. The molecular weight excluding hydrogens is 1140 g/mol. The molecule has 0 fully saturated rings. The summed E-state index contributed by atoms with van der Waals surface area (Å²) in [7, 11) is 2.12. The minimum Gasteiger partial charge on any atom is -0.344 e. The molecule has 0 radical (unpaired) electrons.